The molecule has 4 rings (SSSR count). The van der Waals surface area contributed by atoms with Crippen molar-refractivity contribution in [1.29, 1.82) is 0 Å². The molecule has 5 nitrogen and oxygen atoms in total. The topological polar surface area (TPSA) is 53.8 Å². The van der Waals surface area contributed by atoms with E-state index in [0.29, 0.717) is 32.5 Å². The molecule has 1 aliphatic rings. The van der Waals surface area contributed by atoms with E-state index in [0.717, 1.165) is 22.1 Å². The number of hydrogen-bond acceptors (Lipinski definition) is 3. The lowest BCUT2D eigenvalue weighted by molar-refractivity contribution is -0.136. The molecule has 1 saturated heterocycles. The van der Waals surface area contributed by atoms with Crippen LogP contribution in [0.2, 0.25) is 0 Å². The van der Waals surface area contributed by atoms with Crippen LogP contribution in [0.4, 0.5) is 0 Å². The van der Waals surface area contributed by atoms with Gasteiger partial charge in [0, 0.05) is 31.6 Å². The third kappa shape index (κ3) is 3.65. The molecule has 1 aliphatic heterocycles. The second-order valence-corrected chi connectivity index (χ2v) is 7.37. The summed E-state index contributed by atoms with van der Waals surface area (Å²) in [5, 5.41) is 2.05. The average molecular weight is 376 g/mol. The number of amides is 2. The Morgan fingerprint density at radius 2 is 1.79 bits per heavy atom. The van der Waals surface area contributed by atoms with Gasteiger partial charge in [0.1, 0.15) is 5.76 Å². The molecule has 0 radical (unpaired) electrons. The maximum absolute atomic E-state index is 13.1. The van der Waals surface area contributed by atoms with Crippen LogP contribution in [0.25, 0.3) is 10.8 Å². The third-order valence-corrected chi connectivity index (χ3v) is 5.50. The fraction of sp³-hybridized carbons (Fsp3) is 0.304. The Balaban J connectivity index is 1.39. The summed E-state index contributed by atoms with van der Waals surface area (Å²) in [5.74, 6) is 0.899. The molecule has 0 unspecified atom stereocenters. The van der Waals surface area contributed by atoms with Gasteiger partial charge in [-0.1, -0.05) is 36.4 Å². The van der Waals surface area contributed by atoms with Crippen LogP contribution in [-0.4, -0.2) is 41.8 Å². The normalized spacial score (nSPS) is 15.0. The Bertz CT molecular complexity index is 967. The van der Waals surface area contributed by atoms with Gasteiger partial charge in [-0.3, -0.25) is 9.59 Å². The van der Waals surface area contributed by atoms with Crippen LogP contribution >= 0.6 is 0 Å². The number of likely N-dealkylation sites (tertiary alicyclic amines) is 1. The van der Waals surface area contributed by atoms with Crippen molar-refractivity contribution in [2.24, 2.45) is 5.92 Å². The molecule has 0 N–H and O–H groups in total. The second-order valence-electron chi connectivity index (χ2n) is 7.37. The van der Waals surface area contributed by atoms with E-state index < -0.39 is 0 Å². The Hall–Kier alpha value is -3.08. The van der Waals surface area contributed by atoms with Crippen LogP contribution in [0.3, 0.4) is 0 Å². The van der Waals surface area contributed by atoms with Crippen molar-refractivity contribution in [2.45, 2.75) is 19.4 Å². The van der Waals surface area contributed by atoms with Gasteiger partial charge in [0.15, 0.2) is 0 Å². The molecule has 2 aromatic carbocycles. The summed E-state index contributed by atoms with van der Waals surface area (Å²) in [6.07, 6.45) is 3.00. The monoisotopic (exact) mass is 376 g/mol. The van der Waals surface area contributed by atoms with Crippen LogP contribution in [-0.2, 0) is 11.3 Å². The zero-order chi connectivity index (χ0) is 19.5. The zero-order valence-corrected chi connectivity index (χ0v) is 16.0. The maximum Gasteiger partial charge on any atom is 0.254 e. The van der Waals surface area contributed by atoms with E-state index >= 15 is 0 Å². The van der Waals surface area contributed by atoms with Gasteiger partial charge in [0.2, 0.25) is 5.91 Å². The molecule has 1 fully saturated rings. The molecule has 28 heavy (non-hydrogen) atoms. The van der Waals surface area contributed by atoms with E-state index in [2.05, 4.69) is 0 Å². The summed E-state index contributed by atoms with van der Waals surface area (Å²) in [5.41, 5.74) is 0.734. The first-order valence-corrected chi connectivity index (χ1v) is 9.68. The molecule has 0 spiro atoms. The van der Waals surface area contributed by atoms with Crippen molar-refractivity contribution >= 4 is 22.6 Å². The Kier molecular flexibility index (Phi) is 5.15. The van der Waals surface area contributed by atoms with E-state index in [4.69, 9.17) is 4.42 Å². The molecule has 1 aromatic heterocycles. The smallest absolute Gasteiger partial charge is 0.254 e. The number of rotatable bonds is 4. The molecule has 0 saturated carbocycles. The van der Waals surface area contributed by atoms with Crippen molar-refractivity contribution in [3.8, 4) is 0 Å². The summed E-state index contributed by atoms with van der Waals surface area (Å²) in [4.78, 5) is 29.4. The van der Waals surface area contributed by atoms with E-state index in [9.17, 15) is 9.59 Å². The highest BCUT2D eigenvalue weighted by molar-refractivity contribution is 6.07. The van der Waals surface area contributed by atoms with Gasteiger partial charge in [-0.25, -0.2) is 0 Å². The maximum atomic E-state index is 13.1. The SMILES string of the molecule is CN(Cc1ccco1)C(=O)C1CCN(C(=O)c2cccc3ccccc23)CC1. The van der Waals surface area contributed by atoms with E-state index in [1.807, 2.05) is 59.5 Å². The number of fused-ring (bicyclic) bond motifs is 1. The Morgan fingerprint density at radius 3 is 2.54 bits per heavy atom. The van der Waals surface area contributed by atoms with Gasteiger partial charge >= 0.3 is 0 Å². The summed E-state index contributed by atoms with van der Waals surface area (Å²) in [7, 11) is 1.80. The van der Waals surface area contributed by atoms with Gasteiger partial charge in [0.05, 0.1) is 12.8 Å². The number of hydrogen-bond donors (Lipinski definition) is 0. The van der Waals surface area contributed by atoms with Gasteiger partial charge in [0.25, 0.3) is 5.91 Å². The molecule has 3 aromatic rings. The average Bonchev–Trinajstić information content (AvgIpc) is 3.25. The molecule has 2 amide bonds. The predicted octanol–water partition coefficient (Wildman–Crippen LogP) is 3.94. The van der Waals surface area contributed by atoms with Crippen LogP contribution in [0.1, 0.15) is 29.0 Å². The number of carbonyl (C=O) groups excluding carboxylic acids is 2. The molecule has 5 heteroatoms. The fourth-order valence-corrected chi connectivity index (χ4v) is 3.94. The largest absolute Gasteiger partial charge is 0.467 e. The van der Waals surface area contributed by atoms with Gasteiger partial charge < -0.3 is 14.2 Å². The molecular weight excluding hydrogens is 352 g/mol. The summed E-state index contributed by atoms with van der Waals surface area (Å²) >= 11 is 0. The van der Waals surface area contributed by atoms with Crippen LogP contribution in [0.15, 0.2) is 65.3 Å². The van der Waals surface area contributed by atoms with Gasteiger partial charge in [-0.05, 0) is 41.8 Å². The lowest BCUT2D eigenvalue weighted by Crippen LogP contribution is -2.43. The minimum atomic E-state index is -0.0449. The van der Waals surface area contributed by atoms with Crippen LogP contribution in [0.5, 0.6) is 0 Å². The minimum absolute atomic E-state index is 0.0449. The lowest BCUT2D eigenvalue weighted by Gasteiger charge is -2.33. The van der Waals surface area contributed by atoms with Crippen molar-refractivity contribution in [3.63, 3.8) is 0 Å². The van der Waals surface area contributed by atoms with Gasteiger partial charge in [-0.15, -0.1) is 0 Å². The zero-order valence-electron chi connectivity index (χ0n) is 16.0. The first kappa shape index (κ1) is 18.3. The van der Waals surface area contributed by atoms with E-state index in [1.54, 1.807) is 18.2 Å². The van der Waals surface area contributed by atoms with E-state index in [-0.39, 0.29) is 17.7 Å². The summed E-state index contributed by atoms with van der Waals surface area (Å²) < 4.78 is 5.33. The van der Waals surface area contributed by atoms with Crippen molar-refractivity contribution in [3.05, 3.63) is 72.2 Å². The summed E-state index contributed by atoms with van der Waals surface area (Å²) in [6.45, 7) is 1.68. The number of nitrogens with zero attached hydrogens (tertiary/aromatic N) is 2. The number of benzene rings is 2. The fourth-order valence-electron chi connectivity index (χ4n) is 3.94. The third-order valence-electron chi connectivity index (χ3n) is 5.50. The Labute approximate surface area is 164 Å². The highest BCUT2D eigenvalue weighted by Gasteiger charge is 2.30. The lowest BCUT2D eigenvalue weighted by atomic mass is 9.94. The highest BCUT2D eigenvalue weighted by Crippen LogP contribution is 2.24. The van der Waals surface area contributed by atoms with Crippen molar-refractivity contribution < 1.29 is 14.0 Å². The molecule has 0 aliphatic carbocycles. The minimum Gasteiger partial charge on any atom is -0.467 e. The Morgan fingerprint density at radius 1 is 1.04 bits per heavy atom. The molecule has 2 heterocycles. The van der Waals surface area contributed by atoms with E-state index in [1.165, 1.54) is 0 Å². The van der Waals surface area contributed by atoms with Gasteiger partial charge in [-0.2, -0.15) is 0 Å². The first-order chi connectivity index (χ1) is 13.6. The second kappa shape index (κ2) is 7.89. The standard InChI is InChI=1S/C23H24N2O3/c1-24(16-19-8-5-15-28-19)22(26)18-11-13-25(14-12-18)23(27)21-10-4-7-17-6-2-3-9-20(17)21/h2-10,15,18H,11-14,16H2,1H3. The number of carbonyl (C=O) groups is 2. The van der Waals surface area contributed by atoms with Crippen molar-refractivity contribution in [1.82, 2.24) is 9.80 Å². The summed E-state index contributed by atoms with van der Waals surface area (Å²) in [6, 6.07) is 17.5. The molecule has 144 valence electrons. The molecular formula is C23H24N2O3. The highest BCUT2D eigenvalue weighted by atomic mass is 16.3. The molecule has 0 bridgehead atoms. The quantitative estimate of drug-likeness (QED) is 0.693. The van der Waals surface area contributed by atoms with Crippen LogP contribution in [0, 0.1) is 5.92 Å². The van der Waals surface area contributed by atoms with Crippen LogP contribution < -0.4 is 0 Å². The number of piperidine rings is 1. The first-order valence-electron chi connectivity index (χ1n) is 9.68. The number of furan rings is 1. The molecule has 0 atom stereocenters. The predicted molar refractivity (Wildman–Crippen MR) is 108 cm³/mol. The van der Waals surface area contributed by atoms with Crippen molar-refractivity contribution in [2.75, 3.05) is 20.1 Å².